The lowest BCUT2D eigenvalue weighted by Crippen LogP contribution is -2.57. The number of nitrogens with zero attached hydrogens (tertiary/aromatic N) is 1. The number of hydrogen-bond donors (Lipinski definition) is 2. The zero-order chi connectivity index (χ0) is 21.7. The number of nitrogens with one attached hydrogen (secondary N) is 1. The summed E-state index contributed by atoms with van der Waals surface area (Å²) in [6, 6.07) is 4.12. The van der Waals surface area contributed by atoms with Crippen LogP contribution in [0.3, 0.4) is 0 Å². The molecule has 1 aromatic heterocycles. The van der Waals surface area contributed by atoms with E-state index in [1.807, 2.05) is 6.92 Å². The number of amides is 1. The first-order valence-electron chi connectivity index (χ1n) is 10.1. The maximum absolute atomic E-state index is 12.6. The molecule has 0 bridgehead atoms. The second-order valence-corrected chi connectivity index (χ2v) is 8.33. The van der Waals surface area contributed by atoms with E-state index < -0.39 is 23.8 Å². The van der Waals surface area contributed by atoms with Crippen molar-refractivity contribution in [1.82, 2.24) is 9.88 Å². The van der Waals surface area contributed by atoms with Crippen molar-refractivity contribution in [3.05, 3.63) is 29.5 Å². The fourth-order valence-electron chi connectivity index (χ4n) is 4.85. The second kappa shape index (κ2) is 7.08. The van der Waals surface area contributed by atoms with Crippen molar-refractivity contribution in [3.63, 3.8) is 0 Å². The number of aromatic nitrogens is 1. The number of alkyl halides is 3. The molecule has 164 valence electrons. The van der Waals surface area contributed by atoms with Crippen molar-refractivity contribution < 1.29 is 32.5 Å². The number of carbonyl (C=O) groups is 1. The Morgan fingerprint density at radius 1 is 1.27 bits per heavy atom. The van der Waals surface area contributed by atoms with Crippen LogP contribution in [-0.2, 0) is 11.2 Å². The molecule has 30 heavy (non-hydrogen) atoms. The summed E-state index contributed by atoms with van der Waals surface area (Å²) < 4.78 is 47.5. The molecule has 0 radical (unpaired) electrons. The molecule has 9 heteroatoms. The Hall–Kier alpha value is -2.42. The number of aryl methyl sites for hydroxylation is 1. The molecule has 1 amide bonds. The first-order valence-corrected chi connectivity index (χ1v) is 10.1. The molecule has 6 nitrogen and oxygen atoms in total. The van der Waals surface area contributed by atoms with Crippen molar-refractivity contribution in [2.24, 2.45) is 0 Å². The van der Waals surface area contributed by atoms with Crippen LogP contribution in [0.4, 0.5) is 18.0 Å². The number of H-pyrrole nitrogens is 1. The van der Waals surface area contributed by atoms with Gasteiger partial charge in [0.2, 0.25) is 0 Å². The quantitative estimate of drug-likeness (QED) is 0.738. The van der Waals surface area contributed by atoms with Gasteiger partial charge in [0.05, 0.1) is 0 Å². The Bertz CT molecular complexity index is 961. The van der Waals surface area contributed by atoms with Crippen LogP contribution in [0.2, 0.25) is 0 Å². The highest BCUT2D eigenvalue weighted by atomic mass is 19.4. The number of aliphatic hydroxyl groups is 1. The van der Waals surface area contributed by atoms with Crippen molar-refractivity contribution >= 4 is 17.0 Å². The summed E-state index contributed by atoms with van der Waals surface area (Å²) in [5, 5.41) is 11.8. The first-order chi connectivity index (χ1) is 14.0. The normalized spacial score (nSPS) is 23.9. The maximum Gasteiger partial charge on any atom is 0.573 e. The molecule has 4 rings (SSSR count). The Balaban J connectivity index is 1.58. The summed E-state index contributed by atoms with van der Waals surface area (Å²) in [6.45, 7) is 3.62. The predicted octanol–water partition coefficient (Wildman–Crippen LogP) is 4.78. The molecule has 1 unspecified atom stereocenters. The van der Waals surface area contributed by atoms with E-state index in [0.29, 0.717) is 30.2 Å². The van der Waals surface area contributed by atoms with Gasteiger partial charge < -0.3 is 19.6 Å². The van der Waals surface area contributed by atoms with Gasteiger partial charge in [-0.15, -0.1) is 13.2 Å². The fourth-order valence-corrected chi connectivity index (χ4v) is 4.85. The Morgan fingerprint density at radius 3 is 2.63 bits per heavy atom. The maximum atomic E-state index is 12.6. The van der Waals surface area contributed by atoms with Gasteiger partial charge in [-0.3, -0.25) is 4.90 Å². The first kappa shape index (κ1) is 20.8. The Labute approximate surface area is 171 Å². The van der Waals surface area contributed by atoms with E-state index in [2.05, 4.69) is 9.72 Å². The smallest absolute Gasteiger partial charge is 0.438 e. The molecule has 2 N–H and O–H groups in total. The number of aromatic amines is 1. The minimum atomic E-state index is -4.77. The minimum absolute atomic E-state index is 0.186. The monoisotopic (exact) mass is 426 g/mol. The fraction of sp³-hybridized carbons (Fsp3) is 0.571. The molecule has 2 aliphatic rings. The number of rotatable bonds is 4. The van der Waals surface area contributed by atoms with Gasteiger partial charge in [0.15, 0.2) is 11.3 Å². The van der Waals surface area contributed by atoms with Crippen LogP contribution in [0.1, 0.15) is 50.3 Å². The molecule has 1 aromatic carbocycles. The summed E-state index contributed by atoms with van der Waals surface area (Å²) in [7, 11) is 0. The molecular weight excluding hydrogens is 401 g/mol. The largest absolute Gasteiger partial charge is 0.573 e. The molecule has 2 aromatic rings. The number of benzene rings is 1. The van der Waals surface area contributed by atoms with Crippen molar-refractivity contribution in [2.75, 3.05) is 6.54 Å². The lowest BCUT2D eigenvalue weighted by molar-refractivity contribution is -0.274. The Kier molecular flexibility index (Phi) is 4.91. The van der Waals surface area contributed by atoms with Crippen LogP contribution in [0.15, 0.2) is 18.2 Å². The van der Waals surface area contributed by atoms with Crippen LogP contribution >= 0.6 is 0 Å². The lowest BCUT2D eigenvalue weighted by atomic mass is 9.77. The molecular formula is C21H25F3N2O4. The highest BCUT2D eigenvalue weighted by Crippen LogP contribution is 2.47. The van der Waals surface area contributed by atoms with Gasteiger partial charge in [0, 0.05) is 23.1 Å². The van der Waals surface area contributed by atoms with Crippen molar-refractivity contribution in [1.29, 1.82) is 0 Å². The molecule has 1 saturated heterocycles. The number of carbonyl (C=O) groups excluding carboxylic acids is 1. The van der Waals surface area contributed by atoms with Gasteiger partial charge in [0.1, 0.15) is 5.75 Å². The standard InChI is InChI=1S/C21H25F3N2O4/c1-13-15(16-12-14(29-21(22,23)24)6-7-17(16)25-13)8-11-26-18(27)30-20(19(26,2)28)9-4-3-5-10-20/h6-7,12,25,28H,3-5,8-11H2,1-2H3. The minimum Gasteiger partial charge on any atom is -0.438 e. The number of halogens is 3. The van der Waals surface area contributed by atoms with E-state index in [9.17, 15) is 23.1 Å². The predicted molar refractivity (Wildman–Crippen MR) is 103 cm³/mol. The van der Waals surface area contributed by atoms with E-state index in [-0.39, 0.29) is 12.3 Å². The second-order valence-electron chi connectivity index (χ2n) is 8.33. The number of hydrogen-bond acceptors (Lipinski definition) is 4. The third kappa shape index (κ3) is 3.49. The van der Waals surface area contributed by atoms with Crippen LogP contribution in [0.5, 0.6) is 5.75 Å². The molecule has 1 atom stereocenters. The molecule has 2 fully saturated rings. The van der Waals surface area contributed by atoms with Gasteiger partial charge in [-0.25, -0.2) is 4.79 Å². The summed E-state index contributed by atoms with van der Waals surface area (Å²) in [4.78, 5) is 17.1. The highest BCUT2D eigenvalue weighted by molar-refractivity contribution is 5.86. The zero-order valence-electron chi connectivity index (χ0n) is 16.9. The molecule has 2 heterocycles. The topological polar surface area (TPSA) is 74.8 Å². The van der Waals surface area contributed by atoms with Gasteiger partial charge >= 0.3 is 12.5 Å². The van der Waals surface area contributed by atoms with Crippen LogP contribution in [0.25, 0.3) is 10.9 Å². The third-order valence-electron chi connectivity index (χ3n) is 6.46. The van der Waals surface area contributed by atoms with Crippen LogP contribution < -0.4 is 4.74 Å². The molecule has 1 aliphatic carbocycles. The summed E-state index contributed by atoms with van der Waals surface area (Å²) in [5.41, 5.74) is -0.100. The SMILES string of the molecule is Cc1[nH]c2ccc(OC(F)(F)F)cc2c1CCN1C(=O)OC2(CCCCC2)C1(C)O. The average molecular weight is 426 g/mol. The van der Waals surface area contributed by atoms with E-state index in [1.165, 1.54) is 23.1 Å². The molecule has 1 saturated carbocycles. The van der Waals surface area contributed by atoms with Crippen LogP contribution in [0, 0.1) is 6.92 Å². The zero-order valence-corrected chi connectivity index (χ0v) is 16.9. The summed E-state index contributed by atoms with van der Waals surface area (Å²) in [5.74, 6) is -0.302. The van der Waals surface area contributed by atoms with Crippen LogP contribution in [-0.4, -0.2) is 45.3 Å². The van der Waals surface area contributed by atoms with E-state index in [0.717, 1.165) is 30.5 Å². The van der Waals surface area contributed by atoms with E-state index in [4.69, 9.17) is 4.74 Å². The average Bonchev–Trinajstić information content (AvgIpc) is 3.04. The number of fused-ring (bicyclic) bond motifs is 1. The van der Waals surface area contributed by atoms with Gasteiger partial charge in [-0.05, 0) is 69.7 Å². The van der Waals surface area contributed by atoms with Gasteiger partial charge in [-0.2, -0.15) is 0 Å². The third-order valence-corrected chi connectivity index (χ3v) is 6.46. The van der Waals surface area contributed by atoms with Gasteiger partial charge in [-0.1, -0.05) is 6.42 Å². The number of ether oxygens (including phenoxy) is 2. The molecule has 1 spiro atoms. The summed E-state index contributed by atoms with van der Waals surface area (Å²) >= 11 is 0. The lowest BCUT2D eigenvalue weighted by Gasteiger charge is -2.42. The highest BCUT2D eigenvalue weighted by Gasteiger charge is 2.61. The van der Waals surface area contributed by atoms with E-state index in [1.54, 1.807) is 6.92 Å². The van der Waals surface area contributed by atoms with Crippen molar-refractivity contribution in [3.8, 4) is 5.75 Å². The Morgan fingerprint density at radius 2 is 1.97 bits per heavy atom. The van der Waals surface area contributed by atoms with Crippen molar-refractivity contribution in [2.45, 2.75) is 70.1 Å². The molecule has 1 aliphatic heterocycles. The summed E-state index contributed by atoms with van der Waals surface area (Å²) in [6.07, 6.45) is -0.915. The van der Waals surface area contributed by atoms with E-state index >= 15 is 0 Å². The van der Waals surface area contributed by atoms with Gasteiger partial charge in [0.25, 0.3) is 0 Å².